The minimum Gasteiger partial charge on any atom is -0.465 e. The van der Waals surface area contributed by atoms with Gasteiger partial charge in [0.25, 0.3) is 0 Å². The Morgan fingerprint density at radius 3 is 1.85 bits per heavy atom. The Balaban J connectivity index is 2.33. The molecule has 0 aliphatic carbocycles. The summed E-state index contributed by atoms with van der Waals surface area (Å²) in [6, 6.07) is 7.67. The summed E-state index contributed by atoms with van der Waals surface area (Å²) in [7, 11) is -3.37. The molecule has 2 unspecified atom stereocenters. The van der Waals surface area contributed by atoms with Crippen molar-refractivity contribution in [1.29, 1.82) is 0 Å². The van der Waals surface area contributed by atoms with Gasteiger partial charge in [0.15, 0.2) is 9.84 Å². The minimum absolute atomic E-state index is 0.0484. The van der Waals surface area contributed by atoms with Gasteiger partial charge in [-0.25, -0.2) is 12.8 Å². The fraction of sp³-hybridized carbons (Fsp3) is 0.435. The largest absolute Gasteiger partial charge is 0.465 e. The Morgan fingerprint density at radius 1 is 0.970 bits per heavy atom. The van der Waals surface area contributed by atoms with Gasteiger partial charge in [-0.3, -0.25) is 10.1 Å². The maximum atomic E-state index is 14.2. The second kappa shape index (κ2) is 10.2. The van der Waals surface area contributed by atoms with Gasteiger partial charge in [0.2, 0.25) is 0 Å². The summed E-state index contributed by atoms with van der Waals surface area (Å²) in [4.78, 5) is 12.3. The number of hydrogen-bond donors (Lipinski definition) is 1. The molecule has 1 N–H and O–H groups in total. The van der Waals surface area contributed by atoms with Crippen molar-refractivity contribution < 1.29 is 35.5 Å². The van der Waals surface area contributed by atoms with Crippen molar-refractivity contribution in [3.05, 3.63) is 54.1 Å². The van der Waals surface area contributed by atoms with E-state index in [1.54, 1.807) is 12.1 Å². The lowest BCUT2D eigenvalue weighted by molar-refractivity contribution is -0.165. The van der Waals surface area contributed by atoms with E-state index in [9.17, 15) is 30.8 Å². The van der Waals surface area contributed by atoms with Crippen LogP contribution in [0.4, 0.5) is 17.6 Å². The third-order valence-corrected chi connectivity index (χ3v) is 5.94. The number of sulfone groups is 1. The molecule has 33 heavy (non-hydrogen) atoms. The average Bonchev–Trinajstić information content (AvgIpc) is 2.69. The van der Waals surface area contributed by atoms with Gasteiger partial charge in [-0.1, -0.05) is 36.4 Å². The van der Waals surface area contributed by atoms with Crippen molar-refractivity contribution in [1.82, 2.24) is 5.32 Å². The second-order valence-corrected chi connectivity index (χ2v) is 10.3. The van der Waals surface area contributed by atoms with Crippen molar-refractivity contribution in [2.24, 2.45) is 0 Å². The smallest absolute Gasteiger partial charge is 0.407 e. The first-order valence-corrected chi connectivity index (χ1v) is 12.1. The van der Waals surface area contributed by atoms with Gasteiger partial charge in [0.05, 0.1) is 11.5 Å². The number of hydrogen-bond acceptors (Lipinski definition) is 5. The Morgan fingerprint density at radius 2 is 1.45 bits per heavy atom. The zero-order valence-electron chi connectivity index (χ0n) is 18.7. The third-order valence-electron chi connectivity index (χ3n) is 4.82. The van der Waals surface area contributed by atoms with Gasteiger partial charge in [0.1, 0.15) is 17.8 Å². The normalized spacial score (nSPS) is 14.5. The molecule has 0 amide bonds. The van der Waals surface area contributed by atoms with Crippen LogP contribution in [0.5, 0.6) is 0 Å². The maximum absolute atomic E-state index is 14.2. The van der Waals surface area contributed by atoms with Gasteiger partial charge in [-0.2, -0.15) is 13.2 Å². The molecule has 0 bridgehead atoms. The molecule has 0 aliphatic heterocycles. The van der Waals surface area contributed by atoms with Gasteiger partial charge < -0.3 is 4.74 Å². The summed E-state index contributed by atoms with van der Waals surface area (Å²) < 4.78 is 83.8. The van der Waals surface area contributed by atoms with E-state index in [-0.39, 0.29) is 17.1 Å². The van der Waals surface area contributed by atoms with Gasteiger partial charge in [0, 0.05) is 12.7 Å². The molecular weight excluding hydrogens is 462 g/mol. The van der Waals surface area contributed by atoms with Crippen molar-refractivity contribution in [2.45, 2.75) is 56.0 Å². The van der Waals surface area contributed by atoms with Gasteiger partial charge >= 0.3 is 12.1 Å². The standard InChI is InChI=1S/C23H27F4NO4S/c1-5-32-21(29)19(14-22(2,3)24)28-20(23(25,26)27)17-8-6-15(7-9-17)16-10-12-18(13-11-16)33(4,30)31/h6-13,19-20,28H,5,14H2,1-4H3. The van der Waals surface area contributed by atoms with Gasteiger partial charge in [-0.05, 0) is 49.6 Å². The molecule has 5 nitrogen and oxygen atoms in total. The summed E-state index contributed by atoms with van der Waals surface area (Å²) in [5.41, 5.74) is -0.867. The highest BCUT2D eigenvalue weighted by Crippen LogP contribution is 2.35. The molecule has 0 fully saturated rings. The number of carbonyl (C=O) groups excluding carboxylic acids is 1. The lowest BCUT2D eigenvalue weighted by Gasteiger charge is -2.29. The van der Waals surface area contributed by atoms with Crippen LogP contribution in [0.2, 0.25) is 0 Å². The van der Waals surface area contributed by atoms with Crippen LogP contribution in [0, 0.1) is 0 Å². The maximum Gasteiger partial charge on any atom is 0.407 e. The highest BCUT2D eigenvalue weighted by atomic mass is 32.2. The number of carbonyl (C=O) groups is 1. The third kappa shape index (κ3) is 7.82. The highest BCUT2D eigenvalue weighted by molar-refractivity contribution is 7.90. The number of halogens is 4. The number of rotatable bonds is 9. The van der Waals surface area contributed by atoms with E-state index < -0.39 is 46.2 Å². The van der Waals surface area contributed by atoms with Crippen LogP contribution in [-0.4, -0.2) is 45.1 Å². The van der Waals surface area contributed by atoms with E-state index in [1.807, 2.05) is 0 Å². The summed E-state index contributed by atoms with van der Waals surface area (Å²) in [6.07, 6.45) is -4.18. The van der Waals surface area contributed by atoms with E-state index in [0.717, 1.165) is 6.26 Å². The van der Waals surface area contributed by atoms with Crippen molar-refractivity contribution in [3.8, 4) is 11.1 Å². The lowest BCUT2D eigenvalue weighted by Crippen LogP contribution is -2.47. The van der Waals surface area contributed by atoms with Crippen molar-refractivity contribution >= 4 is 15.8 Å². The van der Waals surface area contributed by atoms with E-state index in [0.29, 0.717) is 11.1 Å². The molecule has 0 aliphatic rings. The number of benzene rings is 2. The molecule has 0 spiro atoms. The highest BCUT2D eigenvalue weighted by Gasteiger charge is 2.44. The van der Waals surface area contributed by atoms with Crippen LogP contribution in [0.25, 0.3) is 11.1 Å². The summed E-state index contributed by atoms with van der Waals surface area (Å²) in [6.45, 7) is 3.81. The molecule has 182 valence electrons. The van der Waals surface area contributed by atoms with Crippen molar-refractivity contribution in [3.63, 3.8) is 0 Å². The molecule has 0 heterocycles. The van der Waals surface area contributed by atoms with E-state index >= 15 is 0 Å². The van der Waals surface area contributed by atoms with Gasteiger partial charge in [-0.15, -0.1) is 0 Å². The average molecular weight is 490 g/mol. The zero-order valence-corrected chi connectivity index (χ0v) is 19.6. The fourth-order valence-corrected chi connectivity index (χ4v) is 3.91. The fourth-order valence-electron chi connectivity index (χ4n) is 3.28. The summed E-state index contributed by atoms with van der Waals surface area (Å²) in [5.74, 6) is -0.958. The monoisotopic (exact) mass is 489 g/mol. The predicted molar refractivity (Wildman–Crippen MR) is 117 cm³/mol. The molecule has 10 heteroatoms. The van der Waals surface area contributed by atoms with E-state index in [1.165, 1.54) is 57.2 Å². The van der Waals surface area contributed by atoms with Crippen LogP contribution in [0.15, 0.2) is 53.4 Å². The molecule has 2 rings (SSSR count). The Hall–Kier alpha value is -2.46. The SMILES string of the molecule is CCOC(=O)C(CC(C)(C)F)NC(c1ccc(-c2ccc(S(C)(=O)=O)cc2)cc1)C(F)(F)F. The predicted octanol–water partition coefficient (Wildman–Crippen LogP) is 5.02. The first-order valence-electron chi connectivity index (χ1n) is 10.2. The minimum atomic E-state index is -4.76. The molecule has 2 atom stereocenters. The lowest BCUT2D eigenvalue weighted by atomic mass is 9.97. The quantitative estimate of drug-likeness (QED) is 0.396. The van der Waals surface area contributed by atoms with E-state index in [4.69, 9.17) is 4.74 Å². The van der Waals surface area contributed by atoms with Crippen LogP contribution in [0.1, 0.15) is 38.8 Å². The Kier molecular flexibility index (Phi) is 8.29. The first kappa shape index (κ1) is 26.8. The van der Waals surface area contributed by atoms with E-state index in [2.05, 4.69) is 5.32 Å². The topological polar surface area (TPSA) is 72.5 Å². The molecular formula is C23H27F4NO4S. The van der Waals surface area contributed by atoms with Crippen LogP contribution in [0.3, 0.4) is 0 Å². The first-order chi connectivity index (χ1) is 15.1. The molecule has 2 aromatic rings. The molecule has 0 aromatic heterocycles. The van der Waals surface area contributed by atoms with Crippen molar-refractivity contribution in [2.75, 3.05) is 12.9 Å². The van der Waals surface area contributed by atoms with Crippen LogP contribution in [-0.2, 0) is 19.4 Å². The Labute approximate surface area is 191 Å². The van der Waals surface area contributed by atoms with Crippen LogP contribution >= 0.6 is 0 Å². The molecule has 0 radical (unpaired) electrons. The number of alkyl halides is 4. The number of esters is 1. The second-order valence-electron chi connectivity index (χ2n) is 8.29. The zero-order chi connectivity index (χ0) is 25.0. The molecule has 0 saturated carbocycles. The summed E-state index contributed by atoms with van der Waals surface area (Å²) in [5, 5.41) is 2.23. The Bertz CT molecular complexity index is 1040. The molecule has 2 aromatic carbocycles. The number of ether oxygens (including phenoxy) is 1. The number of nitrogens with one attached hydrogen (secondary N) is 1. The summed E-state index contributed by atoms with van der Waals surface area (Å²) >= 11 is 0. The molecule has 0 saturated heterocycles. The van der Waals surface area contributed by atoms with Crippen LogP contribution < -0.4 is 5.32 Å².